The molecule has 0 spiro atoms. The second-order valence-corrected chi connectivity index (χ2v) is 19.2. The molecule has 0 N–H and O–H groups in total. The van der Waals surface area contributed by atoms with E-state index in [1.165, 1.54) is 76.7 Å². The lowest BCUT2D eigenvalue weighted by Crippen LogP contribution is -2.40. The van der Waals surface area contributed by atoms with Crippen LogP contribution in [0.4, 0.5) is 0 Å². The number of furan rings is 1. The number of rotatable bonds is 4. The van der Waals surface area contributed by atoms with Gasteiger partial charge in [-0.2, -0.15) is 0 Å². The number of benzene rings is 7. The van der Waals surface area contributed by atoms with Crippen molar-refractivity contribution >= 4 is 78.8 Å². The quantitative estimate of drug-likeness (QED) is 0.175. The van der Waals surface area contributed by atoms with E-state index in [-0.39, 0.29) is 0 Å². The average Bonchev–Trinajstić information content (AvgIpc) is 3.79. The molecule has 10 aromatic rings. The second kappa shape index (κ2) is 10.3. The Morgan fingerprint density at radius 1 is 0.469 bits per heavy atom. The van der Waals surface area contributed by atoms with Gasteiger partial charge in [0.2, 0.25) is 0 Å². The fourth-order valence-electron chi connectivity index (χ4n) is 8.16. The third-order valence-corrected chi connectivity index (χ3v) is 12.2. The van der Waals surface area contributed by atoms with E-state index in [1.54, 1.807) is 0 Å². The molecule has 10 rings (SSSR count). The minimum atomic E-state index is -2.00. The van der Waals surface area contributed by atoms with Crippen molar-refractivity contribution in [3.05, 3.63) is 152 Å². The van der Waals surface area contributed by atoms with Gasteiger partial charge in [-0.1, -0.05) is 135 Å². The van der Waals surface area contributed by atoms with Crippen LogP contribution in [-0.2, 0) is 0 Å². The van der Waals surface area contributed by atoms with Gasteiger partial charge in [-0.3, -0.25) is 0 Å². The Bertz CT molecular complexity index is 2860. The molecule has 0 radical (unpaired) electrons. The Kier molecular flexibility index (Phi) is 5.94. The van der Waals surface area contributed by atoms with Crippen LogP contribution in [0.1, 0.15) is 0 Å². The smallest absolute Gasteiger partial charge is 0.136 e. The van der Waals surface area contributed by atoms with E-state index in [9.17, 15) is 0 Å². The van der Waals surface area contributed by atoms with Gasteiger partial charge in [0.25, 0.3) is 0 Å². The number of hydrogen-bond acceptors (Lipinski definition) is 1. The van der Waals surface area contributed by atoms with E-state index in [2.05, 4.69) is 180 Å². The molecule has 234 valence electrons. The summed E-state index contributed by atoms with van der Waals surface area (Å²) in [4.78, 5) is 0. The maximum absolute atomic E-state index is 6.69. The lowest BCUT2D eigenvalue weighted by Gasteiger charge is -2.27. The van der Waals surface area contributed by atoms with Gasteiger partial charge in [-0.15, -0.1) is 0 Å². The molecule has 0 unspecified atom stereocenters. The highest BCUT2D eigenvalue weighted by Gasteiger charge is 2.31. The van der Waals surface area contributed by atoms with E-state index in [4.69, 9.17) is 4.42 Å². The number of para-hydroxylation sites is 5. The highest BCUT2D eigenvalue weighted by atomic mass is 28.3. The van der Waals surface area contributed by atoms with Crippen LogP contribution >= 0.6 is 0 Å². The molecular formula is C45H34N2OSi. The fraction of sp³-hybridized carbons (Fsp3) is 0.0667. The molecule has 0 saturated heterocycles. The molecule has 0 aliphatic heterocycles. The summed E-state index contributed by atoms with van der Waals surface area (Å²) in [5.41, 5.74) is 11.5. The van der Waals surface area contributed by atoms with Crippen molar-refractivity contribution in [3.63, 3.8) is 0 Å². The molecule has 0 aliphatic carbocycles. The Morgan fingerprint density at radius 3 is 1.65 bits per heavy atom. The topological polar surface area (TPSA) is 23.0 Å². The summed E-state index contributed by atoms with van der Waals surface area (Å²) in [6.45, 7) is 7.37. The first-order valence-corrected chi connectivity index (χ1v) is 20.5. The van der Waals surface area contributed by atoms with Gasteiger partial charge >= 0.3 is 0 Å². The van der Waals surface area contributed by atoms with Gasteiger partial charge in [-0.25, -0.2) is 0 Å². The monoisotopic (exact) mass is 646 g/mol. The second-order valence-electron chi connectivity index (χ2n) is 14.1. The van der Waals surface area contributed by atoms with E-state index in [0.717, 1.165) is 16.6 Å². The van der Waals surface area contributed by atoms with Crippen LogP contribution in [0.15, 0.2) is 156 Å². The van der Waals surface area contributed by atoms with E-state index >= 15 is 0 Å². The summed E-state index contributed by atoms with van der Waals surface area (Å²) in [7, 11) is -2.00. The first kappa shape index (κ1) is 28.2. The average molecular weight is 647 g/mol. The zero-order chi connectivity index (χ0) is 32.9. The lowest BCUT2D eigenvalue weighted by atomic mass is 9.97. The molecule has 0 amide bonds. The lowest BCUT2D eigenvalue weighted by molar-refractivity contribution is 0.669. The molecule has 0 fully saturated rings. The van der Waals surface area contributed by atoms with Crippen molar-refractivity contribution in [2.45, 2.75) is 19.6 Å². The Hall–Kier alpha value is -5.84. The summed E-state index contributed by atoms with van der Waals surface area (Å²) >= 11 is 0. The molecule has 4 heteroatoms. The molecule has 0 atom stereocenters. The number of aromatic nitrogens is 2. The first-order valence-electron chi connectivity index (χ1n) is 17.0. The van der Waals surface area contributed by atoms with Crippen molar-refractivity contribution in [1.82, 2.24) is 9.13 Å². The number of fused-ring (bicyclic) bond motifs is 9. The van der Waals surface area contributed by atoms with Crippen molar-refractivity contribution in [3.8, 4) is 22.5 Å². The third-order valence-electron chi connectivity index (χ3n) is 10.2. The molecule has 3 aromatic heterocycles. The third kappa shape index (κ3) is 4.01. The van der Waals surface area contributed by atoms with Crippen LogP contribution in [0.2, 0.25) is 19.6 Å². The summed E-state index contributed by atoms with van der Waals surface area (Å²) in [6, 6.07) is 55.2. The minimum Gasteiger partial charge on any atom is -0.456 e. The predicted molar refractivity (Wildman–Crippen MR) is 211 cm³/mol. The van der Waals surface area contributed by atoms with Crippen molar-refractivity contribution < 1.29 is 4.42 Å². The molecule has 7 aromatic carbocycles. The molecular weight excluding hydrogens is 613 g/mol. The standard InChI is InChI=1S/C45H34N2OSi/c1-49(2,3)41-28-40-43(34-21-10-14-27-39(34)48-40)42(29-16-5-4-6-17-29)45(41)47-37-25-13-9-20-32(37)33-22-15-26-38(44(33)47)46-35-23-11-7-18-30(35)31-19-8-12-24-36(31)46/h4-28H,1-3H3. The summed E-state index contributed by atoms with van der Waals surface area (Å²) in [5, 5.41) is 8.69. The maximum Gasteiger partial charge on any atom is 0.136 e. The highest BCUT2D eigenvalue weighted by molar-refractivity contribution is 6.89. The molecule has 49 heavy (non-hydrogen) atoms. The van der Waals surface area contributed by atoms with Gasteiger partial charge in [0.15, 0.2) is 0 Å². The predicted octanol–water partition coefficient (Wildman–Crippen LogP) is 12.0. The van der Waals surface area contributed by atoms with E-state index in [1.807, 2.05) is 0 Å². The highest BCUT2D eigenvalue weighted by Crippen LogP contribution is 2.45. The molecule has 3 heterocycles. The van der Waals surface area contributed by atoms with Gasteiger partial charge in [0.1, 0.15) is 11.2 Å². The SMILES string of the molecule is C[Si](C)(C)c1cc2oc3ccccc3c2c(-c2ccccc2)c1-n1c2ccccc2c2cccc(-n3c4ccccc4c4ccccc43)c21. The summed E-state index contributed by atoms with van der Waals surface area (Å²) < 4.78 is 11.8. The Labute approximate surface area is 285 Å². The molecule has 3 nitrogen and oxygen atoms in total. The first-order chi connectivity index (χ1) is 24.0. The van der Waals surface area contributed by atoms with Crippen LogP contribution in [0.25, 0.3) is 88.1 Å². The van der Waals surface area contributed by atoms with Crippen LogP contribution < -0.4 is 5.19 Å². The fourth-order valence-corrected chi connectivity index (χ4v) is 9.67. The maximum atomic E-state index is 6.69. The van der Waals surface area contributed by atoms with Gasteiger partial charge in [0.05, 0.1) is 41.5 Å². The Morgan fingerprint density at radius 2 is 1.00 bits per heavy atom. The number of hydrogen-bond donors (Lipinski definition) is 0. The molecule has 0 aliphatic rings. The van der Waals surface area contributed by atoms with Crippen LogP contribution in [-0.4, -0.2) is 17.2 Å². The molecule has 0 saturated carbocycles. The Balaban J connectivity index is 1.48. The van der Waals surface area contributed by atoms with Gasteiger partial charge in [-0.05, 0) is 47.1 Å². The summed E-state index contributed by atoms with van der Waals surface area (Å²) in [6.07, 6.45) is 0. The molecule has 0 bridgehead atoms. The van der Waals surface area contributed by atoms with Gasteiger partial charge in [0, 0.05) is 37.9 Å². The van der Waals surface area contributed by atoms with E-state index < -0.39 is 8.07 Å². The van der Waals surface area contributed by atoms with Crippen LogP contribution in [0, 0.1) is 0 Å². The zero-order valence-corrected chi connectivity index (χ0v) is 28.7. The van der Waals surface area contributed by atoms with Crippen molar-refractivity contribution in [1.29, 1.82) is 0 Å². The van der Waals surface area contributed by atoms with E-state index in [0.29, 0.717) is 0 Å². The largest absolute Gasteiger partial charge is 0.456 e. The van der Waals surface area contributed by atoms with Crippen LogP contribution in [0.3, 0.4) is 0 Å². The van der Waals surface area contributed by atoms with Crippen LogP contribution in [0.5, 0.6) is 0 Å². The minimum absolute atomic E-state index is 0.918. The normalized spacial score (nSPS) is 12.4. The van der Waals surface area contributed by atoms with Crippen molar-refractivity contribution in [2.75, 3.05) is 0 Å². The zero-order valence-electron chi connectivity index (χ0n) is 27.7. The van der Waals surface area contributed by atoms with Crippen molar-refractivity contribution in [2.24, 2.45) is 0 Å². The number of nitrogens with zero attached hydrogens (tertiary/aromatic N) is 2. The summed E-state index contributed by atoms with van der Waals surface area (Å²) in [5.74, 6) is 0. The van der Waals surface area contributed by atoms with Gasteiger partial charge < -0.3 is 13.6 Å².